The molecule has 8 nitrogen and oxygen atoms in total. The van der Waals surface area contributed by atoms with Crippen molar-refractivity contribution in [3.05, 3.63) is 62.6 Å². The number of benzene rings is 2. The summed E-state index contributed by atoms with van der Waals surface area (Å²) in [6.45, 7) is 0.824. The Hall–Kier alpha value is -2.56. The number of nitrogens with zero attached hydrogens (tertiary/aromatic N) is 1. The van der Waals surface area contributed by atoms with E-state index in [2.05, 4.69) is 26.6 Å². The molecule has 0 fully saturated rings. The van der Waals surface area contributed by atoms with Crippen LogP contribution in [0.25, 0.3) is 0 Å². The Bertz CT molecular complexity index is 862. The van der Waals surface area contributed by atoms with Crippen molar-refractivity contribution < 1.29 is 19.2 Å². The molecule has 2 aromatic rings. The molecule has 27 heavy (non-hydrogen) atoms. The average Bonchev–Trinajstić information content (AvgIpc) is 2.63. The predicted octanol–water partition coefficient (Wildman–Crippen LogP) is 3.51. The molecule has 0 aliphatic carbocycles. The number of ether oxygens (including phenoxy) is 2. The van der Waals surface area contributed by atoms with E-state index in [1.807, 2.05) is 0 Å². The third-order valence-corrected chi connectivity index (χ3v) is 4.14. The van der Waals surface area contributed by atoms with Crippen LogP contribution >= 0.6 is 28.1 Å². The second-order valence-corrected chi connectivity index (χ2v) is 6.43. The second-order valence-electron chi connectivity index (χ2n) is 5.17. The average molecular weight is 454 g/mol. The lowest BCUT2D eigenvalue weighted by atomic mass is 10.2. The highest BCUT2D eigenvalue weighted by molar-refractivity contribution is 9.10. The molecule has 0 bridgehead atoms. The highest BCUT2D eigenvalue weighted by Crippen LogP contribution is 2.26. The summed E-state index contributed by atoms with van der Waals surface area (Å²) in [5.74, 6) is 0.111. The Morgan fingerprint density at radius 3 is 2.67 bits per heavy atom. The molecule has 2 aromatic carbocycles. The van der Waals surface area contributed by atoms with Crippen molar-refractivity contribution in [2.45, 2.75) is 0 Å². The minimum absolute atomic E-state index is 0.0501. The first kappa shape index (κ1) is 20.7. The summed E-state index contributed by atoms with van der Waals surface area (Å²) in [6.07, 6.45) is 0. The van der Waals surface area contributed by atoms with Gasteiger partial charge in [0, 0.05) is 18.7 Å². The van der Waals surface area contributed by atoms with Crippen LogP contribution in [0, 0.1) is 10.1 Å². The van der Waals surface area contributed by atoms with Crippen LogP contribution < -0.4 is 15.4 Å². The fourth-order valence-electron chi connectivity index (χ4n) is 2.06. The van der Waals surface area contributed by atoms with Crippen LogP contribution in [-0.4, -0.2) is 36.3 Å². The summed E-state index contributed by atoms with van der Waals surface area (Å²) >= 11 is 8.42. The van der Waals surface area contributed by atoms with Gasteiger partial charge in [-0.15, -0.1) is 0 Å². The molecule has 0 aliphatic heterocycles. The normalized spacial score (nSPS) is 10.1. The zero-order valence-corrected chi connectivity index (χ0v) is 16.6. The number of halogens is 1. The molecule has 10 heteroatoms. The maximum Gasteiger partial charge on any atom is 0.292 e. The number of rotatable bonds is 7. The van der Waals surface area contributed by atoms with Crippen molar-refractivity contribution in [2.75, 3.05) is 25.6 Å². The van der Waals surface area contributed by atoms with E-state index in [0.717, 1.165) is 0 Å². The van der Waals surface area contributed by atoms with Crippen LogP contribution in [0.3, 0.4) is 0 Å². The Morgan fingerprint density at radius 2 is 2.00 bits per heavy atom. The minimum atomic E-state index is -0.536. The van der Waals surface area contributed by atoms with Crippen molar-refractivity contribution in [1.82, 2.24) is 5.32 Å². The first-order valence-electron chi connectivity index (χ1n) is 7.69. The van der Waals surface area contributed by atoms with Gasteiger partial charge < -0.3 is 14.8 Å². The molecule has 0 radical (unpaired) electrons. The molecule has 142 valence electrons. The molecule has 0 atom stereocenters. The second kappa shape index (κ2) is 9.95. The summed E-state index contributed by atoms with van der Waals surface area (Å²) < 4.78 is 11.0. The molecule has 0 saturated heterocycles. The largest absolute Gasteiger partial charge is 0.490 e. The maximum atomic E-state index is 12.3. The van der Waals surface area contributed by atoms with Crippen LogP contribution in [0.4, 0.5) is 11.4 Å². The molecular weight excluding hydrogens is 438 g/mol. The van der Waals surface area contributed by atoms with Crippen molar-refractivity contribution in [1.29, 1.82) is 0 Å². The first-order chi connectivity index (χ1) is 12.9. The Labute approximate surface area is 169 Å². The van der Waals surface area contributed by atoms with E-state index in [1.54, 1.807) is 37.4 Å². The van der Waals surface area contributed by atoms with Gasteiger partial charge in [0.05, 0.1) is 16.0 Å². The van der Waals surface area contributed by atoms with E-state index in [0.29, 0.717) is 29.0 Å². The maximum absolute atomic E-state index is 12.3. The number of carbonyl (C=O) groups excluding carboxylic acids is 1. The molecule has 0 saturated carbocycles. The van der Waals surface area contributed by atoms with E-state index in [4.69, 9.17) is 21.7 Å². The molecular formula is C17H16BrN3O5S. The molecule has 1 amide bonds. The van der Waals surface area contributed by atoms with Crippen LogP contribution in [0.2, 0.25) is 0 Å². The zero-order chi connectivity index (χ0) is 19.8. The lowest BCUT2D eigenvalue weighted by Gasteiger charge is -2.11. The van der Waals surface area contributed by atoms with Gasteiger partial charge in [-0.25, -0.2) is 0 Å². The van der Waals surface area contributed by atoms with Crippen molar-refractivity contribution >= 4 is 50.5 Å². The van der Waals surface area contributed by atoms with E-state index in [1.165, 1.54) is 12.1 Å². The molecule has 0 aromatic heterocycles. The van der Waals surface area contributed by atoms with Gasteiger partial charge in [0.15, 0.2) is 5.11 Å². The van der Waals surface area contributed by atoms with Gasteiger partial charge >= 0.3 is 0 Å². The highest BCUT2D eigenvalue weighted by Gasteiger charge is 2.15. The SMILES string of the molecule is COCCOc1ccc(C(=O)NC(=S)Nc2ccccc2[N+](=O)[O-])cc1Br. The molecule has 0 heterocycles. The number of nitro benzene ring substituents is 1. The molecule has 2 rings (SSSR count). The van der Waals surface area contributed by atoms with Gasteiger partial charge in [-0.1, -0.05) is 12.1 Å². The van der Waals surface area contributed by atoms with E-state index >= 15 is 0 Å². The molecule has 0 spiro atoms. The monoisotopic (exact) mass is 453 g/mol. The smallest absolute Gasteiger partial charge is 0.292 e. The number of methoxy groups -OCH3 is 1. The van der Waals surface area contributed by atoms with Crippen LogP contribution in [-0.2, 0) is 4.74 Å². The fourth-order valence-corrected chi connectivity index (χ4v) is 2.76. The number of thiocarbonyl (C=S) groups is 1. The molecule has 0 aliphatic rings. The number of hydrogen-bond donors (Lipinski definition) is 2. The Morgan fingerprint density at radius 1 is 1.26 bits per heavy atom. The van der Waals surface area contributed by atoms with Crippen LogP contribution in [0.15, 0.2) is 46.9 Å². The van der Waals surface area contributed by atoms with Crippen molar-refractivity contribution in [3.63, 3.8) is 0 Å². The number of nitrogens with one attached hydrogen (secondary N) is 2. The quantitative estimate of drug-likeness (QED) is 0.286. The third kappa shape index (κ3) is 5.98. The topological polar surface area (TPSA) is 103 Å². The molecule has 2 N–H and O–H groups in total. The fraction of sp³-hybridized carbons (Fsp3) is 0.176. The zero-order valence-electron chi connectivity index (χ0n) is 14.2. The first-order valence-corrected chi connectivity index (χ1v) is 8.89. The number of amides is 1. The summed E-state index contributed by atoms with van der Waals surface area (Å²) in [5.41, 5.74) is 0.387. The standard InChI is InChI=1S/C17H16BrN3O5S/c1-25-8-9-26-15-7-6-11(10-12(15)18)16(22)20-17(27)19-13-4-2-3-5-14(13)21(23)24/h2-7,10H,8-9H2,1H3,(H2,19,20,22,27). The highest BCUT2D eigenvalue weighted by atomic mass is 79.9. The van der Waals surface area contributed by atoms with Gasteiger partial charge in [-0.3, -0.25) is 20.2 Å². The predicted molar refractivity (Wildman–Crippen MR) is 108 cm³/mol. The van der Waals surface area contributed by atoms with Gasteiger partial charge in [0.2, 0.25) is 0 Å². The van der Waals surface area contributed by atoms with Crippen molar-refractivity contribution in [2.24, 2.45) is 0 Å². The van der Waals surface area contributed by atoms with Crippen LogP contribution in [0.5, 0.6) is 5.75 Å². The Balaban J connectivity index is 2.01. The number of nitro groups is 1. The van der Waals surface area contributed by atoms with Crippen LogP contribution in [0.1, 0.15) is 10.4 Å². The summed E-state index contributed by atoms with van der Waals surface area (Å²) in [6, 6.07) is 10.8. The third-order valence-electron chi connectivity index (χ3n) is 3.32. The van der Waals surface area contributed by atoms with Gasteiger partial charge in [-0.2, -0.15) is 0 Å². The van der Waals surface area contributed by atoms with Crippen molar-refractivity contribution in [3.8, 4) is 5.75 Å². The van der Waals surface area contributed by atoms with E-state index < -0.39 is 10.8 Å². The van der Waals surface area contributed by atoms with Gasteiger partial charge in [0.1, 0.15) is 18.0 Å². The number of carbonyl (C=O) groups is 1. The minimum Gasteiger partial charge on any atom is -0.490 e. The Kier molecular flexibility index (Phi) is 7.65. The summed E-state index contributed by atoms with van der Waals surface area (Å²) in [4.78, 5) is 22.8. The van der Waals surface area contributed by atoms with E-state index in [-0.39, 0.29) is 16.5 Å². The lowest BCUT2D eigenvalue weighted by molar-refractivity contribution is -0.383. The number of para-hydroxylation sites is 2. The number of anilines is 1. The lowest BCUT2D eigenvalue weighted by Crippen LogP contribution is -2.34. The number of hydrogen-bond acceptors (Lipinski definition) is 6. The summed E-state index contributed by atoms with van der Waals surface area (Å²) in [7, 11) is 1.58. The molecule has 0 unspecified atom stereocenters. The van der Waals surface area contributed by atoms with Gasteiger partial charge in [0.25, 0.3) is 11.6 Å². The van der Waals surface area contributed by atoms with E-state index in [9.17, 15) is 14.9 Å². The van der Waals surface area contributed by atoms with Gasteiger partial charge in [-0.05, 0) is 52.4 Å². The summed E-state index contributed by atoms with van der Waals surface area (Å²) in [5, 5.41) is 16.1.